The number of aryl methyl sites for hydroxylation is 1. The van der Waals surface area contributed by atoms with Crippen LogP contribution in [0.3, 0.4) is 0 Å². The normalized spacial score (nSPS) is 20.3. The quantitative estimate of drug-likeness (QED) is 0.241. The van der Waals surface area contributed by atoms with Crippen LogP contribution in [0.15, 0.2) is 54.2 Å². The van der Waals surface area contributed by atoms with Gasteiger partial charge in [-0.25, -0.2) is 4.98 Å². The van der Waals surface area contributed by atoms with E-state index < -0.39 is 53.6 Å². The third-order valence-corrected chi connectivity index (χ3v) is 10.1. The van der Waals surface area contributed by atoms with E-state index in [2.05, 4.69) is 25.9 Å². The van der Waals surface area contributed by atoms with Gasteiger partial charge in [-0.15, -0.1) is 11.3 Å². The molecule has 0 unspecified atom stereocenters. The Morgan fingerprint density at radius 2 is 1.62 bits per heavy atom. The van der Waals surface area contributed by atoms with Crippen LogP contribution in [0.2, 0.25) is 0 Å². The lowest BCUT2D eigenvalue weighted by Gasteiger charge is -2.28. The molecule has 4 heterocycles. The van der Waals surface area contributed by atoms with Crippen molar-refractivity contribution in [2.24, 2.45) is 13.0 Å². The minimum Gasteiger partial charge on any atom is -0.361 e. The number of aromatic nitrogens is 3. The molecule has 0 spiro atoms. The number of likely N-dealkylation sites (N-methyl/N-ethyl adjacent to an activating group) is 2. The van der Waals surface area contributed by atoms with Gasteiger partial charge in [0.25, 0.3) is 11.8 Å². The lowest BCUT2D eigenvalue weighted by atomic mass is 10.0. The average molecular weight is 746 g/mol. The van der Waals surface area contributed by atoms with Gasteiger partial charge in [-0.2, -0.15) is 0 Å². The fraction of sp³-hybridized carbons (Fsp3) is 0.432. The smallest absolute Gasteiger partial charge is 0.271 e. The minimum atomic E-state index is -1.07. The molecule has 2 bridgehead atoms. The number of amides is 6. The highest BCUT2D eigenvalue weighted by atomic mass is 32.1. The Morgan fingerprint density at radius 3 is 2.34 bits per heavy atom. The molecule has 3 atom stereocenters. The number of carbonyl (C=O) groups is 6. The molecule has 15 nitrogen and oxygen atoms in total. The molecule has 53 heavy (non-hydrogen) atoms. The standard InChI is InChI=1S/C37H47N9O6S/c1-22(2)16-27-34-42-29(21-53-34)33(49)41-28(17-24-18-38-26-11-8-7-10-25(24)26)36(51)45(6)19-31(47)39-23(3)35(50)44(5)14-15-46(20-32(48)40-27)37(52)30-12-9-13-43(30)4/h7-13,18,21-23,27-28,38H,14-17,19-20H2,1-6H3,(H,39,47)(H,40,48)(H,41,49)/t23-,27-,28+/m0/s1. The molecular formula is C37H47N9O6S. The van der Waals surface area contributed by atoms with Crippen LogP contribution in [0.1, 0.15) is 64.8 Å². The Kier molecular flexibility index (Phi) is 12.3. The maximum absolute atomic E-state index is 13.9. The Balaban J connectivity index is 1.47. The zero-order valence-electron chi connectivity index (χ0n) is 30.8. The number of benzene rings is 1. The van der Waals surface area contributed by atoms with Crippen LogP contribution < -0.4 is 16.0 Å². The summed E-state index contributed by atoms with van der Waals surface area (Å²) < 4.78 is 1.66. The summed E-state index contributed by atoms with van der Waals surface area (Å²) in [5.41, 5.74) is 2.11. The molecule has 0 fully saturated rings. The molecule has 0 saturated carbocycles. The summed E-state index contributed by atoms with van der Waals surface area (Å²) in [6.45, 7) is 4.99. The number of aromatic amines is 1. The summed E-state index contributed by atoms with van der Waals surface area (Å²) in [5, 5.41) is 11.5. The summed E-state index contributed by atoms with van der Waals surface area (Å²) in [7, 11) is 4.74. The van der Waals surface area contributed by atoms with E-state index in [1.54, 1.807) is 48.6 Å². The van der Waals surface area contributed by atoms with E-state index in [4.69, 9.17) is 0 Å². The van der Waals surface area contributed by atoms with Gasteiger partial charge in [-0.3, -0.25) is 28.8 Å². The Labute approximate surface area is 312 Å². The van der Waals surface area contributed by atoms with Crippen LogP contribution in [-0.2, 0) is 32.6 Å². The number of hydrogen-bond donors (Lipinski definition) is 4. The number of carbonyl (C=O) groups excluding carboxylic acids is 6. The van der Waals surface area contributed by atoms with Crippen molar-refractivity contribution >= 4 is 57.7 Å². The van der Waals surface area contributed by atoms with Gasteiger partial charge in [0.2, 0.25) is 23.6 Å². The van der Waals surface area contributed by atoms with Crippen molar-refractivity contribution in [3.05, 3.63) is 76.1 Å². The molecule has 1 aliphatic heterocycles. The summed E-state index contributed by atoms with van der Waals surface area (Å²) in [6, 6.07) is 8.40. The SMILES string of the molecule is CC(C)C[C@@H]1NC(=O)CN(C(=O)c2cccn2C)CCN(C)C(=O)[C@H](C)NC(=O)CN(C)C(=O)[C@@H](Cc2c[nH]c3ccccc23)NC(=O)c2csc1n2. The summed E-state index contributed by atoms with van der Waals surface area (Å²) in [4.78, 5) is 93.2. The third kappa shape index (κ3) is 9.49. The molecule has 1 aliphatic rings. The maximum atomic E-state index is 13.9. The van der Waals surface area contributed by atoms with Crippen LogP contribution in [0, 0.1) is 5.92 Å². The molecule has 1 aromatic carbocycles. The van der Waals surface area contributed by atoms with Gasteiger partial charge in [0.1, 0.15) is 28.5 Å². The molecule has 3 aromatic heterocycles. The first-order valence-corrected chi connectivity index (χ1v) is 18.4. The molecule has 282 valence electrons. The molecular weight excluding hydrogens is 699 g/mol. The molecule has 0 radical (unpaired) electrons. The van der Waals surface area contributed by atoms with Crippen molar-refractivity contribution in [1.29, 1.82) is 0 Å². The van der Waals surface area contributed by atoms with E-state index in [0.29, 0.717) is 17.1 Å². The van der Waals surface area contributed by atoms with Crippen molar-refractivity contribution < 1.29 is 28.8 Å². The Hall–Kier alpha value is -5.51. The zero-order chi connectivity index (χ0) is 38.4. The number of H-pyrrole nitrogens is 1. The van der Waals surface area contributed by atoms with Gasteiger partial charge in [0.15, 0.2) is 0 Å². The second kappa shape index (κ2) is 16.9. The van der Waals surface area contributed by atoms with Crippen molar-refractivity contribution in [1.82, 2.24) is 45.2 Å². The van der Waals surface area contributed by atoms with E-state index in [1.165, 1.54) is 40.0 Å². The first kappa shape index (κ1) is 38.7. The fourth-order valence-corrected chi connectivity index (χ4v) is 7.19. The van der Waals surface area contributed by atoms with Gasteiger partial charge in [0.05, 0.1) is 19.1 Å². The monoisotopic (exact) mass is 745 g/mol. The molecule has 0 aliphatic carbocycles. The number of thiazole rings is 1. The van der Waals surface area contributed by atoms with Crippen LogP contribution in [0.5, 0.6) is 0 Å². The van der Waals surface area contributed by atoms with Gasteiger partial charge in [-0.05, 0) is 43.0 Å². The fourth-order valence-electron chi connectivity index (χ4n) is 6.33. The molecule has 5 rings (SSSR count). The zero-order valence-corrected chi connectivity index (χ0v) is 31.7. The topological polar surface area (TPSA) is 182 Å². The highest BCUT2D eigenvalue weighted by Gasteiger charge is 2.31. The van der Waals surface area contributed by atoms with Crippen molar-refractivity contribution in [2.75, 3.05) is 40.3 Å². The number of fused-ring (bicyclic) bond motifs is 3. The van der Waals surface area contributed by atoms with E-state index >= 15 is 0 Å². The van der Waals surface area contributed by atoms with Crippen LogP contribution in [0.4, 0.5) is 0 Å². The summed E-state index contributed by atoms with van der Waals surface area (Å²) >= 11 is 1.21. The first-order chi connectivity index (χ1) is 25.2. The molecule has 4 N–H and O–H groups in total. The van der Waals surface area contributed by atoms with E-state index in [-0.39, 0.29) is 44.2 Å². The van der Waals surface area contributed by atoms with Crippen LogP contribution >= 0.6 is 11.3 Å². The Morgan fingerprint density at radius 1 is 0.887 bits per heavy atom. The molecule has 6 amide bonds. The second-order valence-electron chi connectivity index (χ2n) is 13.9. The lowest BCUT2D eigenvalue weighted by Crippen LogP contribution is -2.53. The number of nitrogens with zero attached hydrogens (tertiary/aromatic N) is 5. The van der Waals surface area contributed by atoms with Crippen LogP contribution in [0.25, 0.3) is 10.9 Å². The largest absolute Gasteiger partial charge is 0.361 e. The molecule has 0 saturated heterocycles. The van der Waals surface area contributed by atoms with Crippen LogP contribution in [-0.4, -0.2) is 117 Å². The van der Waals surface area contributed by atoms with Gasteiger partial charge < -0.3 is 40.2 Å². The minimum absolute atomic E-state index is 0.0335. The average Bonchev–Trinajstić information content (AvgIpc) is 3.88. The predicted octanol–water partition coefficient (Wildman–Crippen LogP) is 2.08. The van der Waals surface area contributed by atoms with Crippen molar-refractivity contribution in [3.8, 4) is 0 Å². The molecule has 4 aromatic rings. The van der Waals surface area contributed by atoms with E-state index in [1.807, 2.05) is 38.1 Å². The number of rotatable bonds is 5. The van der Waals surface area contributed by atoms with Crippen molar-refractivity contribution in [3.63, 3.8) is 0 Å². The Bertz CT molecular complexity index is 1980. The highest BCUT2D eigenvalue weighted by Crippen LogP contribution is 2.25. The first-order valence-electron chi connectivity index (χ1n) is 17.5. The number of hydrogen-bond acceptors (Lipinski definition) is 8. The van der Waals surface area contributed by atoms with Gasteiger partial charge >= 0.3 is 0 Å². The second-order valence-corrected chi connectivity index (χ2v) is 14.8. The lowest BCUT2D eigenvalue weighted by molar-refractivity contribution is -0.138. The third-order valence-electron chi connectivity index (χ3n) is 9.17. The number of nitrogens with one attached hydrogen (secondary N) is 4. The van der Waals surface area contributed by atoms with Crippen molar-refractivity contribution in [2.45, 2.75) is 51.7 Å². The molecule has 16 heteroatoms. The van der Waals surface area contributed by atoms with Gasteiger partial charge in [0, 0.05) is 69.3 Å². The van der Waals surface area contributed by atoms with Gasteiger partial charge in [-0.1, -0.05) is 32.0 Å². The maximum Gasteiger partial charge on any atom is 0.271 e. The summed E-state index contributed by atoms with van der Waals surface area (Å²) in [6.07, 6.45) is 4.15. The van der Waals surface area contributed by atoms with E-state index in [9.17, 15) is 28.8 Å². The highest BCUT2D eigenvalue weighted by molar-refractivity contribution is 7.09. The number of para-hydroxylation sites is 1. The van der Waals surface area contributed by atoms with E-state index in [0.717, 1.165) is 16.5 Å². The summed E-state index contributed by atoms with van der Waals surface area (Å²) in [5.74, 6) is -2.78. The predicted molar refractivity (Wildman–Crippen MR) is 200 cm³/mol.